The number of halogens is 2. The van der Waals surface area contributed by atoms with Crippen molar-refractivity contribution in [2.45, 2.75) is 6.04 Å². The number of carbonyl (C=O) groups excluding carboxylic acids is 2. The van der Waals surface area contributed by atoms with E-state index in [1.807, 2.05) is 30.3 Å². The quantitative estimate of drug-likeness (QED) is 0.651. The van der Waals surface area contributed by atoms with E-state index in [4.69, 9.17) is 4.52 Å². The van der Waals surface area contributed by atoms with Gasteiger partial charge in [0, 0.05) is 5.75 Å². The average Bonchev–Trinajstić information content (AvgIpc) is 3.22. The third-order valence-corrected chi connectivity index (χ3v) is 4.99. The van der Waals surface area contributed by atoms with Crippen LogP contribution in [0, 0.1) is 11.6 Å². The van der Waals surface area contributed by atoms with Crippen LogP contribution in [0.15, 0.2) is 40.9 Å². The number of benzene rings is 2. The highest BCUT2D eigenvalue weighted by Crippen LogP contribution is 2.42. The molecule has 0 unspecified atom stereocenters. The van der Waals surface area contributed by atoms with Gasteiger partial charge in [-0.15, -0.1) is 0 Å². The van der Waals surface area contributed by atoms with Crippen LogP contribution in [0.1, 0.15) is 22.0 Å². The van der Waals surface area contributed by atoms with E-state index in [9.17, 15) is 18.4 Å². The van der Waals surface area contributed by atoms with Gasteiger partial charge in [-0.25, -0.2) is 4.39 Å². The highest BCUT2D eigenvalue weighted by atomic mass is 32.2. The monoisotopic (exact) mass is 360 g/mol. The molecule has 4 rings (SSSR count). The zero-order valence-corrected chi connectivity index (χ0v) is 13.4. The molecule has 0 radical (unpaired) electrons. The maximum atomic E-state index is 14.1. The summed E-state index contributed by atoms with van der Waals surface area (Å²) in [6, 6.07) is 10.1. The van der Waals surface area contributed by atoms with Gasteiger partial charge in [-0.1, -0.05) is 47.3 Å². The Labute approximate surface area is 144 Å². The first-order chi connectivity index (χ1) is 12.1. The van der Waals surface area contributed by atoms with Crippen molar-refractivity contribution < 1.29 is 22.9 Å². The van der Waals surface area contributed by atoms with Crippen LogP contribution in [0.5, 0.6) is 0 Å². The molecule has 1 amide bonds. The number of thioether (sulfide) groups is 1. The second-order valence-electron chi connectivity index (χ2n) is 5.47. The van der Waals surface area contributed by atoms with Gasteiger partial charge in [0.1, 0.15) is 0 Å². The number of fused-ring (bicyclic) bond motifs is 1. The smallest absolute Gasteiger partial charge is 0.288 e. The molecule has 1 saturated heterocycles. The maximum absolute atomic E-state index is 14.1. The molecule has 2 aromatic carbocycles. The average molecular weight is 360 g/mol. The number of nitrogens with zero attached hydrogens (tertiary/aromatic N) is 2. The van der Waals surface area contributed by atoms with Gasteiger partial charge in [0.25, 0.3) is 5.24 Å². The van der Waals surface area contributed by atoms with E-state index < -0.39 is 22.8 Å². The van der Waals surface area contributed by atoms with Crippen LogP contribution in [-0.2, 0) is 0 Å². The van der Waals surface area contributed by atoms with E-state index >= 15 is 0 Å². The highest BCUT2D eigenvalue weighted by Gasteiger charge is 2.37. The number of anilines is 1. The fourth-order valence-electron chi connectivity index (χ4n) is 2.86. The Bertz CT molecular complexity index is 990. The maximum Gasteiger partial charge on any atom is 0.288 e. The lowest BCUT2D eigenvalue weighted by Crippen LogP contribution is -2.27. The van der Waals surface area contributed by atoms with Crippen molar-refractivity contribution in [2.75, 3.05) is 10.7 Å². The highest BCUT2D eigenvalue weighted by molar-refractivity contribution is 8.14. The molecule has 25 heavy (non-hydrogen) atoms. The van der Waals surface area contributed by atoms with Crippen LogP contribution in [0.4, 0.5) is 19.4 Å². The number of hydrogen-bond donors (Lipinski definition) is 0. The van der Waals surface area contributed by atoms with Gasteiger partial charge < -0.3 is 4.52 Å². The van der Waals surface area contributed by atoms with Gasteiger partial charge in [-0.05, 0) is 11.6 Å². The van der Waals surface area contributed by atoms with Crippen LogP contribution in [0.25, 0.3) is 11.0 Å². The third-order valence-electron chi connectivity index (χ3n) is 4.07. The molecular weight excluding hydrogens is 350 g/mol. The zero-order chi connectivity index (χ0) is 17.6. The standard InChI is InChI=1S/C17H10F2N2O3S/c18-13-10(7-22)6-11-15(14(13)19)24-20-16(11)21-12(8-25-17(21)23)9-4-2-1-3-5-9/h1-7,12H,8H2/t12-/m1/s1. The van der Waals surface area contributed by atoms with E-state index in [-0.39, 0.29) is 28.8 Å². The largest absolute Gasteiger partial charge is 0.351 e. The Morgan fingerprint density at radius 1 is 1.24 bits per heavy atom. The molecule has 3 aromatic rings. The molecule has 1 atom stereocenters. The van der Waals surface area contributed by atoms with Gasteiger partial charge in [0.05, 0.1) is 17.0 Å². The molecule has 2 heterocycles. The number of amides is 1. The van der Waals surface area contributed by atoms with Gasteiger partial charge in [-0.2, -0.15) is 4.39 Å². The number of rotatable bonds is 3. The lowest BCUT2D eigenvalue weighted by atomic mass is 10.1. The van der Waals surface area contributed by atoms with Crippen LogP contribution in [-0.4, -0.2) is 22.4 Å². The Morgan fingerprint density at radius 3 is 2.72 bits per heavy atom. The van der Waals surface area contributed by atoms with Crippen LogP contribution in [0.2, 0.25) is 0 Å². The summed E-state index contributed by atoms with van der Waals surface area (Å²) in [6.07, 6.45) is 0.212. The van der Waals surface area contributed by atoms with Gasteiger partial charge in [-0.3, -0.25) is 14.5 Å². The molecule has 1 aliphatic rings. The lowest BCUT2D eigenvalue weighted by molar-refractivity contribution is 0.111. The molecule has 126 valence electrons. The van der Waals surface area contributed by atoms with E-state index in [2.05, 4.69) is 5.16 Å². The molecule has 0 bridgehead atoms. The van der Waals surface area contributed by atoms with Gasteiger partial charge >= 0.3 is 0 Å². The topological polar surface area (TPSA) is 63.4 Å². The summed E-state index contributed by atoms with van der Waals surface area (Å²) in [4.78, 5) is 24.7. The van der Waals surface area contributed by atoms with Crippen molar-refractivity contribution >= 4 is 40.1 Å². The summed E-state index contributed by atoms with van der Waals surface area (Å²) in [7, 11) is 0. The van der Waals surface area contributed by atoms with Crippen LogP contribution >= 0.6 is 11.8 Å². The van der Waals surface area contributed by atoms with Crippen molar-refractivity contribution in [2.24, 2.45) is 0 Å². The minimum atomic E-state index is -1.30. The summed E-state index contributed by atoms with van der Waals surface area (Å²) in [5.74, 6) is -2.04. The molecule has 0 aliphatic carbocycles. The SMILES string of the molecule is O=Cc1cc2c(N3C(=O)SC[C@@H]3c3ccccc3)noc2c(F)c1F. The van der Waals surface area contributed by atoms with Gasteiger partial charge in [0.15, 0.2) is 17.9 Å². The van der Waals surface area contributed by atoms with E-state index in [0.717, 1.165) is 23.4 Å². The third kappa shape index (κ3) is 2.41. The van der Waals surface area contributed by atoms with E-state index in [0.29, 0.717) is 5.75 Å². The molecule has 0 saturated carbocycles. The molecule has 1 fully saturated rings. The molecule has 0 spiro atoms. The molecule has 1 aromatic heterocycles. The predicted octanol–water partition coefficient (Wildman–Crippen LogP) is 4.33. The molecule has 8 heteroatoms. The molecular formula is C17H10F2N2O3S. The molecule has 1 aliphatic heterocycles. The van der Waals surface area contributed by atoms with Crippen molar-refractivity contribution in [3.8, 4) is 0 Å². The Balaban J connectivity index is 1.89. The van der Waals surface area contributed by atoms with Crippen LogP contribution < -0.4 is 4.90 Å². The Morgan fingerprint density at radius 2 is 2.00 bits per heavy atom. The zero-order valence-electron chi connectivity index (χ0n) is 12.6. The van der Waals surface area contributed by atoms with E-state index in [1.54, 1.807) is 0 Å². The summed E-state index contributed by atoms with van der Waals surface area (Å²) in [5, 5.41) is 3.58. The minimum Gasteiger partial charge on any atom is -0.351 e. The summed E-state index contributed by atoms with van der Waals surface area (Å²) >= 11 is 1.10. The summed E-state index contributed by atoms with van der Waals surface area (Å²) < 4.78 is 32.8. The van der Waals surface area contributed by atoms with E-state index in [1.165, 1.54) is 4.90 Å². The van der Waals surface area contributed by atoms with Crippen molar-refractivity contribution in [1.29, 1.82) is 0 Å². The summed E-state index contributed by atoms with van der Waals surface area (Å²) in [5.41, 5.74) is 0.00909. The first-order valence-corrected chi connectivity index (χ1v) is 8.34. The lowest BCUT2D eigenvalue weighted by Gasteiger charge is -2.21. The number of carbonyl (C=O) groups is 2. The Hall–Kier alpha value is -2.74. The predicted molar refractivity (Wildman–Crippen MR) is 88.8 cm³/mol. The van der Waals surface area contributed by atoms with Crippen molar-refractivity contribution in [1.82, 2.24) is 5.16 Å². The van der Waals surface area contributed by atoms with Crippen LogP contribution in [0.3, 0.4) is 0 Å². The molecule has 5 nitrogen and oxygen atoms in total. The first-order valence-electron chi connectivity index (χ1n) is 7.35. The Kier molecular flexibility index (Phi) is 3.76. The second-order valence-corrected chi connectivity index (χ2v) is 6.44. The normalized spacial score (nSPS) is 17.4. The number of hydrogen-bond acceptors (Lipinski definition) is 5. The molecule has 0 N–H and O–H groups in total. The van der Waals surface area contributed by atoms with Gasteiger partial charge in [0.2, 0.25) is 11.4 Å². The second kappa shape index (κ2) is 5.96. The fraction of sp³-hybridized carbons (Fsp3) is 0.118. The van der Waals surface area contributed by atoms with Crippen molar-refractivity contribution in [3.63, 3.8) is 0 Å². The minimum absolute atomic E-state index is 0.0702. The number of aldehydes is 1. The fourth-order valence-corrected chi connectivity index (χ4v) is 3.85. The first kappa shape index (κ1) is 15.8. The number of aromatic nitrogens is 1. The summed E-state index contributed by atoms with van der Waals surface area (Å²) in [6.45, 7) is 0. The van der Waals surface area contributed by atoms with Crippen molar-refractivity contribution in [3.05, 3.63) is 59.2 Å².